The van der Waals surface area contributed by atoms with E-state index in [9.17, 15) is 19.5 Å². The van der Waals surface area contributed by atoms with Crippen LogP contribution in [0, 0.1) is 0 Å². The van der Waals surface area contributed by atoms with E-state index in [0.29, 0.717) is 18.6 Å². The zero-order chi connectivity index (χ0) is 24.3. The molecule has 0 bridgehead atoms. The van der Waals surface area contributed by atoms with Gasteiger partial charge in [-0.15, -0.1) is 0 Å². The topological polar surface area (TPSA) is 99.8 Å². The number of aromatic nitrogens is 2. The van der Waals surface area contributed by atoms with Gasteiger partial charge in [-0.2, -0.15) is 0 Å². The first-order valence-electron chi connectivity index (χ1n) is 11.8. The summed E-state index contributed by atoms with van der Waals surface area (Å²) in [5.74, 6) is -0.0718. The summed E-state index contributed by atoms with van der Waals surface area (Å²) in [7, 11) is 1.68. The highest BCUT2D eigenvalue weighted by atomic mass is 16.3. The number of carbonyl (C=O) groups is 2. The molecule has 1 aliphatic heterocycles. The van der Waals surface area contributed by atoms with Crippen molar-refractivity contribution < 1.29 is 14.7 Å². The number of carbonyl (C=O) groups excluding carboxylic acids is 2. The Labute approximate surface area is 195 Å². The van der Waals surface area contributed by atoms with Gasteiger partial charge < -0.3 is 15.3 Å². The average Bonchev–Trinajstić information content (AvgIpc) is 3.28. The molecule has 2 N–H and O–H groups in total. The molecule has 3 atom stereocenters. The number of rotatable bonds is 8. The number of hydrogen-bond donors (Lipinski definition) is 2. The lowest BCUT2D eigenvalue weighted by Gasteiger charge is -2.30. The highest BCUT2D eigenvalue weighted by molar-refractivity contribution is 5.89. The van der Waals surface area contributed by atoms with Crippen LogP contribution in [-0.2, 0) is 4.79 Å². The second-order valence-electron chi connectivity index (χ2n) is 9.50. The number of para-hydroxylation sites is 2. The maximum Gasteiger partial charge on any atom is 0.337 e. The number of nitrogens with one attached hydrogen (secondary N) is 1. The molecule has 2 unspecified atom stereocenters. The summed E-state index contributed by atoms with van der Waals surface area (Å²) in [6.07, 6.45) is 2.12. The fourth-order valence-electron chi connectivity index (χ4n) is 4.78. The van der Waals surface area contributed by atoms with Crippen molar-refractivity contribution in [2.24, 2.45) is 0 Å². The quantitative estimate of drug-likeness (QED) is 0.629. The van der Waals surface area contributed by atoms with Gasteiger partial charge in [-0.3, -0.25) is 14.3 Å². The number of fused-ring (bicyclic) bond motifs is 1. The lowest BCUT2D eigenvalue weighted by Crippen LogP contribution is -2.46. The SMILES string of the molecule is CC(=O)N(C)C[C@H](O)CN1CCCC1CC(C)NC(=O)n1c(=O)n(C(C)C)c2ccccc21. The molecule has 1 saturated heterocycles. The van der Waals surface area contributed by atoms with Crippen LogP contribution in [0.4, 0.5) is 4.79 Å². The summed E-state index contributed by atoms with van der Waals surface area (Å²) < 4.78 is 2.86. The van der Waals surface area contributed by atoms with E-state index >= 15 is 0 Å². The minimum absolute atomic E-state index is 0.0607. The number of nitrogens with zero attached hydrogens (tertiary/aromatic N) is 4. The summed E-state index contributed by atoms with van der Waals surface area (Å²) in [4.78, 5) is 41.3. The summed E-state index contributed by atoms with van der Waals surface area (Å²) in [5, 5.41) is 13.4. The largest absolute Gasteiger partial charge is 0.390 e. The van der Waals surface area contributed by atoms with Gasteiger partial charge in [0.1, 0.15) is 0 Å². The number of amides is 2. The molecule has 3 rings (SSSR count). The Morgan fingerprint density at radius 3 is 2.52 bits per heavy atom. The molecule has 0 radical (unpaired) electrons. The Hall–Kier alpha value is -2.65. The summed E-state index contributed by atoms with van der Waals surface area (Å²) in [5.41, 5.74) is 1.00. The molecule has 0 saturated carbocycles. The first-order chi connectivity index (χ1) is 15.6. The molecule has 1 aromatic carbocycles. The Morgan fingerprint density at radius 2 is 1.88 bits per heavy atom. The highest BCUT2D eigenvalue weighted by Gasteiger charge is 2.29. The van der Waals surface area contributed by atoms with E-state index in [1.54, 1.807) is 17.7 Å². The summed E-state index contributed by atoms with van der Waals surface area (Å²) in [6.45, 7) is 8.96. The van der Waals surface area contributed by atoms with Crippen molar-refractivity contribution in [2.75, 3.05) is 26.7 Å². The van der Waals surface area contributed by atoms with Gasteiger partial charge in [0.2, 0.25) is 5.91 Å². The molecule has 2 amide bonds. The van der Waals surface area contributed by atoms with Gasteiger partial charge >= 0.3 is 11.7 Å². The first kappa shape index (κ1) is 25.0. The standard InChI is InChI=1S/C24H37N5O4/c1-16(2)28-21-10-6-7-11-22(21)29(24(28)33)23(32)25-17(3)13-19-9-8-12-27(19)15-20(31)14-26(5)18(4)30/h6-7,10-11,16-17,19-20,31H,8-9,12-15H2,1-5H3,(H,25,32)/t17?,19?,20-/m0/s1. The zero-order valence-corrected chi connectivity index (χ0v) is 20.3. The van der Waals surface area contributed by atoms with Crippen LogP contribution < -0.4 is 11.0 Å². The van der Waals surface area contributed by atoms with E-state index in [1.807, 2.05) is 39.0 Å². The fourth-order valence-corrected chi connectivity index (χ4v) is 4.78. The van der Waals surface area contributed by atoms with Crippen molar-refractivity contribution in [1.82, 2.24) is 24.3 Å². The molecule has 1 aromatic heterocycles. The van der Waals surface area contributed by atoms with Gasteiger partial charge in [0.25, 0.3) is 0 Å². The molecule has 0 spiro atoms. The molecule has 0 aliphatic carbocycles. The van der Waals surface area contributed by atoms with Crippen LogP contribution in [0.25, 0.3) is 11.0 Å². The van der Waals surface area contributed by atoms with E-state index in [2.05, 4.69) is 10.2 Å². The van der Waals surface area contributed by atoms with Crippen molar-refractivity contribution >= 4 is 23.0 Å². The number of benzene rings is 1. The second-order valence-corrected chi connectivity index (χ2v) is 9.50. The van der Waals surface area contributed by atoms with Crippen LogP contribution in [0.3, 0.4) is 0 Å². The average molecular weight is 460 g/mol. The first-order valence-corrected chi connectivity index (χ1v) is 11.8. The predicted molar refractivity (Wildman–Crippen MR) is 129 cm³/mol. The van der Waals surface area contributed by atoms with Crippen LogP contribution in [0.2, 0.25) is 0 Å². The van der Waals surface area contributed by atoms with Crippen LogP contribution in [0.15, 0.2) is 29.1 Å². The molecule has 9 heteroatoms. The minimum Gasteiger partial charge on any atom is -0.390 e. The third kappa shape index (κ3) is 5.65. The zero-order valence-electron chi connectivity index (χ0n) is 20.3. The monoisotopic (exact) mass is 459 g/mol. The molecule has 2 heterocycles. The molecule has 33 heavy (non-hydrogen) atoms. The molecular weight excluding hydrogens is 422 g/mol. The summed E-state index contributed by atoms with van der Waals surface area (Å²) in [6, 6.07) is 6.94. The van der Waals surface area contributed by atoms with Crippen molar-refractivity contribution in [1.29, 1.82) is 0 Å². The lowest BCUT2D eigenvalue weighted by atomic mass is 10.1. The molecular formula is C24H37N5O4. The number of aliphatic hydroxyl groups excluding tert-OH is 1. The Balaban J connectivity index is 1.66. The molecule has 1 fully saturated rings. The van der Waals surface area contributed by atoms with Gasteiger partial charge in [0.05, 0.1) is 17.1 Å². The number of likely N-dealkylation sites (N-methyl/N-ethyl adjacent to an activating group) is 1. The number of β-amino-alcohol motifs (C(OH)–C–C–N with tert-alkyl or cyclic N) is 1. The van der Waals surface area contributed by atoms with Crippen molar-refractivity contribution in [3.63, 3.8) is 0 Å². The van der Waals surface area contributed by atoms with E-state index < -0.39 is 12.1 Å². The van der Waals surface area contributed by atoms with Crippen LogP contribution in [0.5, 0.6) is 0 Å². The lowest BCUT2D eigenvalue weighted by molar-refractivity contribution is -0.128. The predicted octanol–water partition coefficient (Wildman–Crippen LogP) is 2.02. The van der Waals surface area contributed by atoms with Crippen LogP contribution >= 0.6 is 0 Å². The number of hydrogen-bond acceptors (Lipinski definition) is 5. The van der Waals surface area contributed by atoms with Crippen molar-refractivity contribution in [3.05, 3.63) is 34.7 Å². The smallest absolute Gasteiger partial charge is 0.337 e. The third-order valence-corrected chi connectivity index (χ3v) is 6.46. The number of imidazole rings is 1. The van der Waals surface area contributed by atoms with Crippen molar-refractivity contribution in [2.45, 2.75) is 71.2 Å². The third-order valence-electron chi connectivity index (χ3n) is 6.46. The van der Waals surface area contributed by atoms with E-state index in [0.717, 1.165) is 31.3 Å². The van der Waals surface area contributed by atoms with Gasteiger partial charge in [-0.25, -0.2) is 14.2 Å². The van der Waals surface area contributed by atoms with E-state index in [1.165, 1.54) is 16.4 Å². The van der Waals surface area contributed by atoms with Crippen LogP contribution in [-0.4, -0.2) is 80.8 Å². The Morgan fingerprint density at radius 1 is 1.21 bits per heavy atom. The van der Waals surface area contributed by atoms with Gasteiger partial charge in [0.15, 0.2) is 0 Å². The van der Waals surface area contributed by atoms with E-state index in [-0.39, 0.29) is 29.7 Å². The maximum atomic E-state index is 13.1. The number of likely N-dealkylation sites (tertiary alicyclic amines) is 1. The summed E-state index contributed by atoms with van der Waals surface area (Å²) >= 11 is 0. The van der Waals surface area contributed by atoms with Crippen LogP contribution in [0.1, 0.15) is 53.0 Å². The number of aliphatic hydroxyl groups is 1. The minimum atomic E-state index is -0.620. The fraction of sp³-hybridized carbons (Fsp3) is 0.625. The Kier molecular flexibility index (Phi) is 7.97. The normalized spacial score (nSPS) is 18.6. The second kappa shape index (κ2) is 10.5. The van der Waals surface area contributed by atoms with Gasteiger partial charge in [0, 0.05) is 45.2 Å². The molecule has 2 aromatic rings. The van der Waals surface area contributed by atoms with E-state index in [4.69, 9.17) is 0 Å². The van der Waals surface area contributed by atoms with Gasteiger partial charge in [-0.1, -0.05) is 12.1 Å². The highest BCUT2D eigenvalue weighted by Crippen LogP contribution is 2.22. The molecule has 182 valence electrons. The van der Waals surface area contributed by atoms with Crippen molar-refractivity contribution in [3.8, 4) is 0 Å². The van der Waals surface area contributed by atoms with Gasteiger partial charge in [-0.05, 0) is 58.7 Å². The molecule has 9 nitrogen and oxygen atoms in total. The Bertz CT molecular complexity index is 1040. The molecule has 1 aliphatic rings. The maximum absolute atomic E-state index is 13.1.